The topological polar surface area (TPSA) is 47.6 Å². The molecule has 2 nitrogen and oxygen atoms in total. The monoisotopic (exact) mass is 600 g/mol. The van der Waals surface area contributed by atoms with Gasteiger partial charge >= 0.3 is 0 Å². The molecule has 0 aliphatic rings. The van der Waals surface area contributed by atoms with E-state index >= 15 is 13.2 Å². The molecule has 0 fully saturated rings. The Morgan fingerprint density at radius 1 is 0.474 bits per heavy atom. The molecule has 0 saturated heterocycles. The molecule has 0 radical (unpaired) electrons. The van der Waals surface area contributed by atoms with E-state index in [2.05, 4.69) is 0 Å². The highest BCUT2D eigenvalue weighted by Crippen LogP contribution is 2.44. The summed E-state index contributed by atoms with van der Waals surface area (Å²) < 4.78 is 90.1. The predicted molar refractivity (Wildman–Crippen MR) is 132 cm³/mol. The summed E-state index contributed by atoms with van der Waals surface area (Å²) in [5, 5.41) is 16.1. The van der Waals surface area contributed by atoms with Crippen molar-refractivity contribution in [3.05, 3.63) is 103 Å². The second-order valence-corrected chi connectivity index (χ2v) is 9.26. The summed E-state index contributed by atoms with van der Waals surface area (Å²) in [6, 6.07) is 7.54. The van der Waals surface area contributed by atoms with Crippen molar-refractivity contribution in [2.24, 2.45) is 0 Å². The molecule has 0 heterocycles. The van der Waals surface area contributed by atoms with Crippen LogP contribution in [0, 0.1) is 57.6 Å². The fourth-order valence-electron chi connectivity index (χ4n) is 3.72. The summed E-state index contributed by atoms with van der Waals surface area (Å²) in [5.74, 6) is -9.05. The van der Waals surface area contributed by atoms with E-state index < -0.39 is 73.3 Å². The van der Waals surface area contributed by atoms with Crippen molar-refractivity contribution in [3.8, 4) is 45.5 Å². The summed E-state index contributed by atoms with van der Waals surface area (Å²) in [7, 11) is 0. The van der Waals surface area contributed by atoms with Crippen LogP contribution >= 0.6 is 46.4 Å². The van der Waals surface area contributed by atoms with Gasteiger partial charge in [-0.3, -0.25) is 0 Å². The average Bonchev–Trinajstić information content (AvgIpc) is 2.87. The van der Waals surface area contributed by atoms with Gasteiger partial charge < -0.3 is 0 Å². The fraction of sp³-hybridized carbons (Fsp3) is 0. The first-order valence-corrected chi connectivity index (χ1v) is 11.6. The zero-order chi connectivity index (χ0) is 28.0. The number of nitrogens with zero attached hydrogens (tertiary/aromatic N) is 2. The number of benzene rings is 4. The molecule has 0 saturated carbocycles. The van der Waals surface area contributed by atoms with E-state index in [1.54, 1.807) is 12.1 Å². The van der Waals surface area contributed by atoms with Crippen molar-refractivity contribution < 1.29 is 26.3 Å². The highest BCUT2D eigenvalue weighted by Gasteiger charge is 2.28. The first-order valence-electron chi connectivity index (χ1n) is 10.1. The second-order valence-electron chi connectivity index (χ2n) is 7.67. The molecule has 0 bridgehead atoms. The molecule has 0 atom stereocenters. The Labute approximate surface area is 230 Å². The highest BCUT2D eigenvalue weighted by atomic mass is 35.5. The fourth-order valence-corrected chi connectivity index (χ4v) is 4.64. The van der Waals surface area contributed by atoms with Crippen LogP contribution in [0.1, 0.15) is 11.1 Å². The van der Waals surface area contributed by atoms with Crippen molar-refractivity contribution >= 4 is 46.4 Å². The van der Waals surface area contributed by atoms with Crippen LogP contribution in [0.25, 0.3) is 33.4 Å². The van der Waals surface area contributed by atoms with Crippen LogP contribution < -0.4 is 0 Å². The largest absolute Gasteiger partial charge is 0.206 e. The molecule has 0 unspecified atom stereocenters. The van der Waals surface area contributed by atoms with Crippen LogP contribution in [0.15, 0.2) is 36.4 Å². The number of hydrogen-bond acceptors (Lipinski definition) is 2. The van der Waals surface area contributed by atoms with Gasteiger partial charge in [0.25, 0.3) is 0 Å². The molecule has 0 spiro atoms. The van der Waals surface area contributed by atoms with Gasteiger partial charge in [0.05, 0.1) is 42.3 Å². The Bertz CT molecular complexity index is 1760. The number of rotatable bonds is 3. The lowest BCUT2D eigenvalue weighted by Gasteiger charge is -2.16. The molecule has 0 aromatic heterocycles. The molecule has 190 valence electrons. The maximum Gasteiger partial charge on any atom is 0.169 e. The van der Waals surface area contributed by atoms with Gasteiger partial charge in [0.15, 0.2) is 17.5 Å². The van der Waals surface area contributed by atoms with Crippen molar-refractivity contribution in [2.75, 3.05) is 0 Å². The molecule has 4 rings (SSSR count). The lowest BCUT2D eigenvalue weighted by Crippen LogP contribution is -2.02. The van der Waals surface area contributed by atoms with Gasteiger partial charge in [-0.2, -0.15) is 10.5 Å². The Hall–Kier alpha value is -3.40. The molecule has 12 heteroatoms. The predicted octanol–water partition coefficient (Wildman–Crippen LogP) is 9.88. The zero-order valence-electron chi connectivity index (χ0n) is 18.1. The maximum absolute atomic E-state index is 15.7. The third kappa shape index (κ3) is 4.55. The first kappa shape index (κ1) is 27.6. The molecule has 4 aromatic carbocycles. The van der Waals surface area contributed by atoms with Gasteiger partial charge in [0.2, 0.25) is 0 Å². The van der Waals surface area contributed by atoms with E-state index in [0.717, 1.165) is 18.2 Å². The van der Waals surface area contributed by atoms with Crippen LogP contribution in [-0.4, -0.2) is 0 Å². The number of nitriles is 2. The molecule has 38 heavy (non-hydrogen) atoms. The Morgan fingerprint density at radius 3 is 1.63 bits per heavy atom. The van der Waals surface area contributed by atoms with E-state index in [1.807, 2.05) is 0 Å². The minimum atomic E-state index is -1.70. The summed E-state index contributed by atoms with van der Waals surface area (Å²) >= 11 is 23.9. The van der Waals surface area contributed by atoms with Gasteiger partial charge in [0, 0.05) is 22.3 Å². The quantitative estimate of drug-likeness (QED) is 0.173. The van der Waals surface area contributed by atoms with Gasteiger partial charge in [0.1, 0.15) is 29.6 Å². The van der Waals surface area contributed by atoms with Gasteiger partial charge in [-0.25, -0.2) is 26.3 Å². The van der Waals surface area contributed by atoms with Crippen LogP contribution in [0.5, 0.6) is 0 Å². The summed E-state index contributed by atoms with van der Waals surface area (Å²) in [5.41, 5.74) is -5.19. The van der Waals surface area contributed by atoms with E-state index in [4.69, 9.17) is 56.9 Å². The van der Waals surface area contributed by atoms with Crippen molar-refractivity contribution in [1.82, 2.24) is 0 Å². The Morgan fingerprint density at radius 2 is 1.03 bits per heavy atom. The van der Waals surface area contributed by atoms with E-state index in [-0.39, 0.29) is 26.2 Å². The maximum atomic E-state index is 15.7. The standard InChI is InChI=1S/C26H6Cl4F6N2/c27-15-3-13(17(29)1-9(15)7-37)22-24(34)12(6-20(33)25(22)35)11-5-19(32)21(26(36)23(11)30)14-4-16(28)10(8-38)2-18(14)31/h1-6H. The number of halogens is 10. The van der Waals surface area contributed by atoms with Crippen LogP contribution in [-0.2, 0) is 0 Å². The summed E-state index contributed by atoms with van der Waals surface area (Å²) in [6.45, 7) is 0. The number of hydrogen-bond donors (Lipinski definition) is 0. The summed E-state index contributed by atoms with van der Waals surface area (Å²) in [6.07, 6.45) is 0. The molecule has 0 N–H and O–H groups in total. The van der Waals surface area contributed by atoms with Crippen molar-refractivity contribution in [1.29, 1.82) is 10.5 Å². The first-order chi connectivity index (χ1) is 17.9. The minimum absolute atomic E-state index is 0.129. The summed E-state index contributed by atoms with van der Waals surface area (Å²) in [4.78, 5) is 0. The lowest BCUT2D eigenvalue weighted by atomic mass is 9.94. The van der Waals surface area contributed by atoms with Gasteiger partial charge in [-0.15, -0.1) is 0 Å². The molecule has 4 aromatic rings. The zero-order valence-corrected chi connectivity index (χ0v) is 21.2. The van der Waals surface area contributed by atoms with Gasteiger partial charge in [-0.1, -0.05) is 46.4 Å². The Balaban J connectivity index is 1.99. The molecular formula is C26H6Cl4F6N2. The lowest BCUT2D eigenvalue weighted by molar-refractivity contribution is 0.500. The molecule has 0 amide bonds. The SMILES string of the molecule is N#Cc1cc(F)c(-c2c(F)cc(-c3cc(F)c(F)c(-c4cc(Cl)c(C#N)cc4Cl)c3F)c(Cl)c2F)cc1Cl. The smallest absolute Gasteiger partial charge is 0.169 e. The normalized spacial score (nSPS) is 10.8. The average molecular weight is 602 g/mol. The van der Waals surface area contributed by atoms with Crippen LogP contribution in [0.3, 0.4) is 0 Å². The van der Waals surface area contributed by atoms with Gasteiger partial charge in [-0.05, 0) is 36.4 Å². The van der Waals surface area contributed by atoms with E-state index in [1.165, 1.54) is 0 Å². The van der Waals surface area contributed by atoms with E-state index in [0.29, 0.717) is 18.2 Å². The van der Waals surface area contributed by atoms with E-state index in [9.17, 15) is 13.2 Å². The minimum Gasteiger partial charge on any atom is -0.206 e. The van der Waals surface area contributed by atoms with Crippen molar-refractivity contribution in [3.63, 3.8) is 0 Å². The Kier molecular flexibility index (Phi) is 7.56. The van der Waals surface area contributed by atoms with Crippen LogP contribution in [0.4, 0.5) is 26.3 Å². The van der Waals surface area contributed by atoms with Crippen molar-refractivity contribution in [2.45, 2.75) is 0 Å². The molecule has 0 aliphatic heterocycles. The molecular weight excluding hydrogens is 596 g/mol. The molecule has 0 aliphatic carbocycles. The second kappa shape index (κ2) is 10.4. The third-order valence-corrected chi connectivity index (χ3v) is 6.81. The van der Waals surface area contributed by atoms with Crippen LogP contribution in [0.2, 0.25) is 20.1 Å². The third-order valence-electron chi connectivity index (χ3n) is 5.50. The highest BCUT2D eigenvalue weighted by molar-refractivity contribution is 6.36.